The van der Waals surface area contributed by atoms with Crippen molar-refractivity contribution in [3.05, 3.63) is 0 Å². The second-order valence-electron chi connectivity index (χ2n) is 4.18. The Morgan fingerprint density at radius 2 is 2.00 bits per heavy atom. The maximum Gasteiger partial charge on any atom is 0.223 e. The number of rotatable bonds is 4. The van der Waals surface area contributed by atoms with E-state index < -0.39 is 0 Å². The van der Waals surface area contributed by atoms with Gasteiger partial charge in [-0.25, -0.2) is 0 Å². The molecule has 13 heavy (non-hydrogen) atoms. The lowest BCUT2D eigenvalue weighted by atomic mass is 10.1. The highest BCUT2D eigenvalue weighted by Gasteiger charge is 2.56. The number of hydrogen-bond acceptors (Lipinski definition) is 2. The van der Waals surface area contributed by atoms with Gasteiger partial charge in [-0.15, -0.1) is 0 Å². The van der Waals surface area contributed by atoms with Crippen LogP contribution in [0.1, 0.15) is 19.3 Å². The summed E-state index contributed by atoms with van der Waals surface area (Å²) in [4.78, 5) is 11.6. The van der Waals surface area contributed by atoms with E-state index in [4.69, 9.17) is 0 Å². The topological polar surface area (TPSA) is 41.1 Å². The Morgan fingerprint density at radius 3 is 2.62 bits per heavy atom. The SMILES string of the molecule is CNCCNC(=O)C1C2CCCC21. The van der Waals surface area contributed by atoms with Crippen LogP contribution in [0.25, 0.3) is 0 Å². The number of carbonyl (C=O) groups is 1. The standard InChI is InChI=1S/C10H18N2O/c1-11-5-6-12-10(13)9-7-3-2-4-8(7)9/h7-9,11H,2-6H2,1H3,(H,12,13). The van der Waals surface area contributed by atoms with Gasteiger partial charge in [0, 0.05) is 19.0 Å². The first kappa shape index (κ1) is 9.00. The predicted molar refractivity (Wildman–Crippen MR) is 51.3 cm³/mol. The molecule has 74 valence electrons. The fraction of sp³-hybridized carbons (Fsp3) is 0.900. The van der Waals surface area contributed by atoms with Gasteiger partial charge in [0.1, 0.15) is 0 Å². The lowest BCUT2D eigenvalue weighted by molar-refractivity contribution is -0.123. The van der Waals surface area contributed by atoms with Gasteiger partial charge < -0.3 is 10.6 Å². The summed E-state index contributed by atoms with van der Waals surface area (Å²) in [5, 5.41) is 5.99. The minimum absolute atomic E-state index is 0.296. The highest BCUT2D eigenvalue weighted by atomic mass is 16.2. The molecule has 0 radical (unpaired) electrons. The molecule has 2 atom stereocenters. The average Bonchev–Trinajstić information content (AvgIpc) is 2.61. The third kappa shape index (κ3) is 1.70. The first-order valence-electron chi connectivity index (χ1n) is 5.27. The van der Waals surface area contributed by atoms with Crippen LogP contribution in [-0.4, -0.2) is 26.0 Å². The van der Waals surface area contributed by atoms with E-state index in [1.54, 1.807) is 0 Å². The molecule has 2 aliphatic rings. The molecule has 0 aromatic rings. The summed E-state index contributed by atoms with van der Waals surface area (Å²) in [6.45, 7) is 1.64. The predicted octanol–water partition coefficient (Wildman–Crippen LogP) is 0.368. The molecular weight excluding hydrogens is 164 g/mol. The molecule has 2 aliphatic carbocycles. The van der Waals surface area contributed by atoms with E-state index in [1.165, 1.54) is 19.3 Å². The van der Waals surface area contributed by atoms with Gasteiger partial charge in [-0.1, -0.05) is 6.42 Å². The minimum atomic E-state index is 0.296. The third-order valence-corrected chi connectivity index (χ3v) is 3.38. The van der Waals surface area contributed by atoms with E-state index in [2.05, 4.69) is 10.6 Å². The summed E-state index contributed by atoms with van der Waals surface area (Å²) < 4.78 is 0. The maximum absolute atomic E-state index is 11.6. The van der Waals surface area contributed by atoms with Crippen molar-refractivity contribution in [3.63, 3.8) is 0 Å². The molecule has 3 nitrogen and oxygen atoms in total. The molecule has 2 rings (SSSR count). The average molecular weight is 182 g/mol. The smallest absolute Gasteiger partial charge is 0.223 e. The summed E-state index contributed by atoms with van der Waals surface area (Å²) in [6, 6.07) is 0. The molecule has 2 fully saturated rings. The lowest BCUT2D eigenvalue weighted by Crippen LogP contribution is -2.32. The second kappa shape index (κ2) is 3.66. The van der Waals surface area contributed by atoms with Crippen LogP contribution in [-0.2, 0) is 4.79 Å². The fourth-order valence-electron chi connectivity index (χ4n) is 2.64. The first-order chi connectivity index (χ1) is 6.34. The van der Waals surface area contributed by atoms with Crippen molar-refractivity contribution in [2.45, 2.75) is 19.3 Å². The summed E-state index contributed by atoms with van der Waals surface area (Å²) in [5.74, 6) is 2.17. The zero-order chi connectivity index (χ0) is 9.26. The summed E-state index contributed by atoms with van der Waals surface area (Å²) in [6.07, 6.45) is 3.92. The second-order valence-corrected chi connectivity index (χ2v) is 4.18. The Balaban J connectivity index is 1.68. The first-order valence-corrected chi connectivity index (χ1v) is 5.27. The van der Waals surface area contributed by atoms with Crippen LogP contribution < -0.4 is 10.6 Å². The van der Waals surface area contributed by atoms with Crippen molar-refractivity contribution in [2.24, 2.45) is 17.8 Å². The minimum Gasteiger partial charge on any atom is -0.355 e. The zero-order valence-electron chi connectivity index (χ0n) is 8.18. The van der Waals surface area contributed by atoms with Gasteiger partial charge in [0.2, 0.25) is 5.91 Å². The van der Waals surface area contributed by atoms with Crippen LogP contribution in [0.4, 0.5) is 0 Å². The molecule has 0 aliphatic heterocycles. The molecule has 1 amide bonds. The van der Waals surface area contributed by atoms with Crippen molar-refractivity contribution in [1.29, 1.82) is 0 Å². The molecular formula is C10H18N2O. The van der Waals surface area contributed by atoms with E-state index in [0.717, 1.165) is 24.9 Å². The molecule has 0 saturated heterocycles. The fourth-order valence-corrected chi connectivity index (χ4v) is 2.64. The lowest BCUT2D eigenvalue weighted by Gasteiger charge is -2.05. The van der Waals surface area contributed by atoms with Crippen LogP contribution in [0.2, 0.25) is 0 Å². The van der Waals surface area contributed by atoms with Crippen LogP contribution >= 0.6 is 0 Å². The Bertz CT molecular complexity index is 195. The highest BCUT2D eigenvalue weighted by Crippen LogP contribution is 2.57. The Labute approximate surface area is 79.3 Å². The number of fused-ring (bicyclic) bond motifs is 1. The molecule has 3 heteroatoms. The number of carbonyl (C=O) groups excluding carboxylic acids is 1. The highest BCUT2D eigenvalue weighted by molar-refractivity contribution is 5.82. The largest absolute Gasteiger partial charge is 0.355 e. The van der Waals surface area contributed by atoms with Crippen LogP contribution in [0, 0.1) is 17.8 Å². The van der Waals surface area contributed by atoms with Gasteiger partial charge in [0.15, 0.2) is 0 Å². The van der Waals surface area contributed by atoms with Gasteiger partial charge in [-0.2, -0.15) is 0 Å². The normalized spacial score (nSPS) is 35.6. The van der Waals surface area contributed by atoms with Gasteiger partial charge in [0.25, 0.3) is 0 Å². The summed E-state index contributed by atoms with van der Waals surface area (Å²) in [5.41, 5.74) is 0. The Hall–Kier alpha value is -0.570. The van der Waals surface area contributed by atoms with Crippen molar-refractivity contribution in [1.82, 2.24) is 10.6 Å². The van der Waals surface area contributed by atoms with Crippen molar-refractivity contribution in [2.75, 3.05) is 20.1 Å². The van der Waals surface area contributed by atoms with E-state index in [1.807, 2.05) is 7.05 Å². The van der Waals surface area contributed by atoms with Crippen LogP contribution in [0.3, 0.4) is 0 Å². The van der Waals surface area contributed by atoms with E-state index >= 15 is 0 Å². The summed E-state index contributed by atoms with van der Waals surface area (Å²) >= 11 is 0. The van der Waals surface area contributed by atoms with E-state index in [-0.39, 0.29) is 0 Å². The monoisotopic (exact) mass is 182 g/mol. The van der Waals surface area contributed by atoms with Gasteiger partial charge in [-0.3, -0.25) is 4.79 Å². The molecule has 2 saturated carbocycles. The molecule has 0 aromatic carbocycles. The van der Waals surface area contributed by atoms with E-state index in [9.17, 15) is 4.79 Å². The van der Waals surface area contributed by atoms with Gasteiger partial charge in [-0.05, 0) is 31.7 Å². The number of likely N-dealkylation sites (N-methyl/N-ethyl adjacent to an activating group) is 1. The Kier molecular flexibility index (Phi) is 2.54. The zero-order valence-corrected chi connectivity index (χ0v) is 8.18. The number of hydrogen-bond donors (Lipinski definition) is 2. The van der Waals surface area contributed by atoms with Crippen LogP contribution in [0.15, 0.2) is 0 Å². The van der Waals surface area contributed by atoms with E-state index in [0.29, 0.717) is 11.8 Å². The molecule has 0 aromatic heterocycles. The Morgan fingerprint density at radius 1 is 1.31 bits per heavy atom. The molecule has 0 bridgehead atoms. The van der Waals surface area contributed by atoms with Crippen LogP contribution in [0.5, 0.6) is 0 Å². The number of nitrogens with one attached hydrogen (secondary N) is 2. The van der Waals surface area contributed by atoms with Gasteiger partial charge in [0.05, 0.1) is 0 Å². The number of amides is 1. The third-order valence-electron chi connectivity index (χ3n) is 3.38. The van der Waals surface area contributed by atoms with Crippen molar-refractivity contribution < 1.29 is 4.79 Å². The molecule has 2 N–H and O–H groups in total. The molecule has 2 unspecified atom stereocenters. The maximum atomic E-state index is 11.6. The van der Waals surface area contributed by atoms with Gasteiger partial charge >= 0.3 is 0 Å². The molecule has 0 heterocycles. The molecule has 0 spiro atoms. The summed E-state index contributed by atoms with van der Waals surface area (Å²) in [7, 11) is 1.90. The van der Waals surface area contributed by atoms with Crippen molar-refractivity contribution >= 4 is 5.91 Å². The van der Waals surface area contributed by atoms with Crippen molar-refractivity contribution in [3.8, 4) is 0 Å². The quantitative estimate of drug-likeness (QED) is 0.617.